The number of nitrogens with two attached hydrogens (primary N) is 1. The molecular weight excluding hydrogens is 216 g/mol. The Bertz CT molecular complexity index is 493. The molecule has 92 valence electrons. The third-order valence-electron chi connectivity index (χ3n) is 2.88. The molecule has 0 radical (unpaired) electrons. The van der Waals surface area contributed by atoms with Crippen LogP contribution in [-0.2, 0) is 0 Å². The quantitative estimate of drug-likeness (QED) is 0.864. The Balaban J connectivity index is 2.31. The van der Waals surface area contributed by atoms with Crippen LogP contribution >= 0.6 is 0 Å². The number of oxazole rings is 1. The van der Waals surface area contributed by atoms with Gasteiger partial charge in [0.15, 0.2) is 17.0 Å². The topological polar surface area (TPSA) is 61.3 Å². The fraction of sp³-hybridized carbons (Fsp3) is 0.462. The number of ether oxygens (including phenoxy) is 1. The maximum Gasteiger partial charge on any atom is 0.198 e. The van der Waals surface area contributed by atoms with E-state index in [0.717, 1.165) is 35.6 Å². The van der Waals surface area contributed by atoms with Crippen LogP contribution in [0.25, 0.3) is 11.1 Å². The van der Waals surface area contributed by atoms with Crippen molar-refractivity contribution in [1.29, 1.82) is 0 Å². The van der Waals surface area contributed by atoms with Gasteiger partial charge < -0.3 is 14.9 Å². The molecule has 2 N–H and O–H groups in total. The molecule has 0 amide bonds. The Morgan fingerprint density at radius 2 is 2.29 bits per heavy atom. The van der Waals surface area contributed by atoms with Crippen molar-refractivity contribution in [3.63, 3.8) is 0 Å². The Kier molecular flexibility index (Phi) is 3.64. The van der Waals surface area contributed by atoms with E-state index in [9.17, 15) is 0 Å². The summed E-state index contributed by atoms with van der Waals surface area (Å²) in [6, 6.07) is 5.70. The molecule has 0 saturated heterocycles. The minimum absolute atomic E-state index is 0.288. The predicted molar refractivity (Wildman–Crippen MR) is 67.3 cm³/mol. The SMILES string of the molecule is COc1cccc2oc(C(C)CCCN)nc12. The van der Waals surface area contributed by atoms with Gasteiger partial charge in [-0.1, -0.05) is 13.0 Å². The van der Waals surface area contributed by atoms with Gasteiger partial charge in [-0.2, -0.15) is 0 Å². The summed E-state index contributed by atoms with van der Waals surface area (Å²) in [6.45, 7) is 2.81. The number of rotatable bonds is 5. The van der Waals surface area contributed by atoms with Crippen molar-refractivity contribution in [2.75, 3.05) is 13.7 Å². The molecule has 2 rings (SSSR count). The lowest BCUT2D eigenvalue weighted by Crippen LogP contribution is -2.02. The average Bonchev–Trinajstić information content (AvgIpc) is 2.79. The lowest BCUT2D eigenvalue weighted by Gasteiger charge is -2.04. The van der Waals surface area contributed by atoms with Crippen LogP contribution in [0.1, 0.15) is 31.6 Å². The van der Waals surface area contributed by atoms with Crippen molar-refractivity contribution < 1.29 is 9.15 Å². The van der Waals surface area contributed by atoms with Crippen molar-refractivity contribution in [2.24, 2.45) is 5.73 Å². The standard InChI is InChI=1S/C13H18N2O2/c1-9(5-4-8-14)13-15-12-10(16-2)6-3-7-11(12)17-13/h3,6-7,9H,4-5,8,14H2,1-2H3. The van der Waals surface area contributed by atoms with Gasteiger partial charge in [0.2, 0.25) is 0 Å². The third kappa shape index (κ3) is 2.42. The molecule has 1 atom stereocenters. The number of benzene rings is 1. The summed E-state index contributed by atoms with van der Waals surface area (Å²) in [5.74, 6) is 1.80. The van der Waals surface area contributed by atoms with Crippen LogP contribution in [0.2, 0.25) is 0 Å². The van der Waals surface area contributed by atoms with Gasteiger partial charge in [-0.3, -0.25) is 0 Å². The molecule has 0 aliphatic rings. The van der Waals surface area contributed by atoms with E-state index in [2.05, 4.69) is 11.9 Å². The van der Waals surface area contributed by atoms with Crippen LogP contribution in [0.3, 0.4) is 0 Å². The van der Waals surface area contributed by atoms with E-state index < -0.39 is 0 Å². The number of fused-ring (bicyclic) bond motifs is 1. The summed E-state index contributed by atoms with van der Waals surface area (Å²) in [4.78, 5) is 4.50. The Morgan fingerprint density at radius 1 is 1.47 bits per heavy atom. The van der Waals surface area contributed by atoms with Crippen LogP contribution in [-0.4, -0.2) is 18.6 Å². The molecule has 4 nitrogen and oxygen atoms in total. The monoisotopic (exact) mass is 234 g/mol. The summed E-state index contributed by atoms with van der Waals surface area (Å²) < 4.78 is 11.0. The van der Waals surface area contributed by atoms with Gasteiger partial charge in [-0.05, 0) is 31.5 Å². The molecule has 0 spiro atoms. The van der Waals surface area contributed by atoms with Crippen molar-refractivity contribution >= 4 is 11.1 Å². The number of methoxy groups -OCH3 is 1. The van der Waals surface area contributed by atoms with E-state index >= 15 is 0 Å². The minimum Gasteiger partial charge on any atom is -0.494 e. The van der Waals surface area contributed by atoms with Crippen LogP contribution < -0.4 is 10.5 Å². The number of nitrogens with zero attached hydrogens (tertiary/aromatic N) is 1. The predicted octanol–water partition coefficient (Wildman–Crippen LogP) is 2.68. The van der Waals surface area contributed by atoms with Gasteiger partial charge in [0, 0.05) is 5.92 Å². The molecule has 2 aromatic rings. The largest absolute Gasteiger partial charge is 0.494 e. The van der Waals surface area contributed by atoms with Gasteiger partial charge in [0.1, 0.15) is 5.75 Å². The first-order valence-electron chi connectivity index (χ1n) is 5.89. The molecule has 1 aromatic heterocycles. The van der Waals surface area contributed by atoms with Gasteiger partial charge in [-0.25, -0.2) is 4.98 Å². The van der Waals surface area contributed by atoms with Crippen LogP contribution in [0.4, 0.5) is 0 Å². The molecule has 0 bridgehead atoms. The fourth-order valence-corrected chi connectivity index (χ4v) is 1.86. The van der Waals surface area contributed by atoms with E-state index in [1.54, 1.807) is 7.11 Å². The second kappa shape index (κ2) is 5.19. The number of hydrogen-bond acceptors (Lipinski definition) is 4. The Hall–Kier alpha value is -1.55. The summed E-state index contributed by atoms with van der Waals surface area (Å²) >= 11 is 0. The smallest absolute Gasteiger partial charge is 0.198 e. The van der Waals surface area contributed by atoms with Gasteiger partial charge in [-0.15, -0.1) is 0 Å². The molecule has 1 aromatic carbocycles. The van der Waals surface area contributed by atoms with Crippen molar-refractivity contribution in [3.05, 3.63) is 24.1 Å². The van der Waals surface area contributed by atoms with Crippen LogP contribution in [0.5, 0.6) is 5.75 Å². The first kappa shape index (κ1) is 11.9. The molecule has 0 saturated carbocycles. The molecule has 1 unspecified atom stereocenters. The zero-order valence-corrected chi connectivity index (χ0v) is 10.3. The highest BCUT2D eigenvalue weighted by molar-refractivity contribution is 5.79. The summed E-state index contributed by atoms with van der Waals surface area (Å²) in [5, 5.41) is 0. The lowest BCUT2D eigenvalue weighted by atomic mass is 10.1. The summed E-state index contributed by atoms with van der Waals surface area (Å²) in [6.07, 6.45) is 1.97. The van der Waals surface area contributed by atoms with Gasteiger partial charge in [0.05, 0.1) is 7.11 Å². The first-order chi connectivity index (χ1) is 8.26. The van der Waals surface area contributed by atoms with E-state index in [1.807, 2.05) is 18.2 Å². The fourth-order valence-electron chi connectivity index (χ4n) is 1.86. The molecular formula is C13H18N2O2. The lowest BCUT2D eigenvalue weighted by molar-refractivity contribution is 0.419. The van der Waals surface area contributed by atoms with Crippen LogP contribution in [0.15, 0.2) is 22.6 Å². The first-order valence-corrected chi connectivity index (χ1v) is 5.89. The second-order valence-corrected chi connectivity index (χ2v) is 4.19. The Labute approximate surface area is 101 Å². The normalized spacial score (nSPS) is 12.9. The maximum atomic E-state index is 5.74. The van der Waals surface area contributed by atoms with Gasteiger partial charge >= 0.3 is 0 Å². The Morgan fingerprint density at radius 3 is 3.00 bits per heavy atom. The third-order valence-corrected chi connectivity index (χ3v) is 2.88. The van der Waals surface area contributed by atoms with Crippen molar-refractivity contribution in [2.45, 2.75) is 25.7 Å². The minimum atomic E-state index is 0.288. The summed E-state index contributed by atoms with van der Waals surface area (Å²) in [7, 11) is 1.64. The van der Waals surface area contributed by atoms with Crippen LogP contribution in [0, 0.1) is 0 Å². The number of hydrogen-bond donors (Lipinski definition) is 1. The van der Waals surface area contributed by atoms with Gasteiger partial charge in [0.25, 0.3) is 0 Å². The highest BCUT2D eigenvalue weighted by atomic mass is 16.5. The zero-order valence-electron chi connectivity index (χ0n) is 10.3. The maximum absolute atomic E-state index is 5.74. The van der Waals surface area contributed by atoms with Crippen molar-refractivity contribution in [1.82, 2.24) is 4.98 Å². The van der Waals surface area contributed by atoms with E-state index in [-0.39, 0.29) is 5.92 Å². The highest BCUT2D eigenvalue weighted by Crippen LogP contribution is 2.29. The molecule has 17 heavy (non-hydrogen) atoms. The summed E-state index contributed by atoms with van der Waals surface area (Å²) in [5.41, 5.74) is 7.08. The molecule has 4 heteroatoms. The molecule has 1 heterocycles. The van der Waals surface area contributed by atoms with E-state index in [0.29, 0.717) is 6.54 Å². The second-order valence-electron chi connectivity index (χ2n) is 4.19. The zero-order chi connectivity index (χ0) is 12.3. The molecule has 0 aliphatic carbocycles. The molecule has 0 fully saturated rings. The molecule has 0 aliphatic heterocycles. The highest BCUT2D eigenvalue weighted by Gasteiger charge is 2.15. The number of para-hydroxylation sites is 1. The van der Waals surface area contributed by atoms with Crippen molar-refractivity contribution in [3.8, 4) is 5.75 Å². The number of aromatic nitrogens is 1. The van der Waals surface area contributed by atoms with E-state index in [1.165, 1.54) is 0 Å². The van der Waals surface area contributed by atoms with E-state index in [4.69, 9.17) is 14.9 Å². The average molecular weight is 234 g/mol.